The Morgan fingerprint density at radius 2 is 2.24 bits per heavy atom. The van der Waals surface area contributed by atoms with E-state index in [-0.39, 0.29) is 6.09 Å². The number of fused-ring (bicyclic) bond motifs is 1. The normalized spacial score (nSPS) is 18.6. The summed E-state index contributed by atoms with van der Waals surface area (Å²) in [5, 5.41) is 0.947. The molecule has 1 aliphatic heterocycles. The molecule has 1 saturated heterocycles. The van der Waals surface area contributed by atoms with Crippen LogP contribution in [-0.2, 0) is 11.2 Å². The number of imidazole rings is 1. The molecule has 2 aromatic rings. The number of hydrogen-bond donors (Lipinski definition) is 0. The zero-order valence-corrected chi connectivity index (χ0v) is 16.2. The van der Waals surface area contributed by atoms with Crippen LogP contribution in [0.1, 0.15) is 39.3 Å². The monoisotopic (exact) mass is 362 g/mol. The van der Waals surface area contributed by atoms with Gasteiger partial charge in [-0.05, 0) is 52.2 Å². The van der Waals surface area contributed by atoms with Gasteiger partial charge in [-0.2, -0.15) is 0 Å². The fourth-order valence-corrected chi connectivity index (χ4v) is 3.76. The number of nitrogens with zero attached hydrogens (tertiary/aromatic N) is 4. The fraction of sp³-hybridized carbons (Fsp3) is 0.611. The Morgan fingerprint density at radius 1 is 1.44 bits per heavy atom. The van der Waals surface area contributed by atoms with E-state index in [1.807, 2.05) is 42.5 Å². The number of carbonyl (C=O) groups excluding carboxylic acids is 1. The van der Waals surface area contributed by atoms with E-state index in [2.05, 4.69) is 11.2 Å². The molecule has 1 fully saturated rings. The number of thioether (sulfide) groups is 1. The molecule has 136 valence electrons. The third kappa shape index (κ3) is 4.45. The van der Waals surface area contributed by atoms with Crippen molar-refractivity contribution in [2.24, 2.45) is 5.92 Å². The van der Waals surface area contributed by atoms with Crippen molar-refractivity contribution in [1.29, 1.82) is 0 Å². The Kier molecular flexibility index (Phi) is 5.22. The Bertz CT molecular complexity index is 753. The lowest BCUT2D eigenvalue weighted by atomic mass is 9.94. The highest BCUT2D eigenvalue weighted by atomic mass is 32.2. The minimum absolute atomic E-state index is 0.208. The molecule has 0 saturated carbocycles. The molecule has 1 amide bonds. The highest BCUT2D eigenvalue weighted by Crippen LogP contribution is 2.24. The number of carbonyl (C=O) groups is 1. The third-order valence-corrected chi connectivity index (χ3v) is 4.92. The van der Waals surface area contributed by atoms with Gasteiger partial charge in [0.15, 0.2) is 5.65 Å². The van der Waals surface area contributed by atoms with Gasteiger partial charge in [-0.25, -0.2) is 14.8 Å². The number of ether oxygens (including phenoxy) is 1. The molecule has 3 rings (SSSR count). The second kappa shape index (κ2) is 7.23. The molecular weight excluding hydrogens is 336 g/mol. The Hall–Kier alpha value is -1.76. The maximum absolute atomic E-state index is 12.3. The van der Waals surface area contributed by atoms with E-state index in [9.17, 15) is 4.79 Å². The lowest BCUT2D eigenvalue weighted by Crippen LogP contribution is -2.43. The maximum atomic E-state index is 12.3. The summed E-state index contributed by atoms with van der Waals surface area (Å²) in [5.74, 6) is 0.407. The lowest BCUT2D eigenvalue weighted by molar-refractivity contribution is 0.0165. The summed E-state index contributed by atoms with van der Waals surface area (Å²) in [7, 11) is 0. The van der Waals surface area contributed by atoms with Crippen LogP contribution in [0.5, 0.6) is 0 Å². The van der Waals surface area contributed by atoms with Crippen molar-refractivity contribution in [3.63, 3.8) is 0 Å². The van der Waals surface area contributed by atoms with Gasteiger partial charge in [0.2, 0.25) is 0 Å². The maximum Gasteiger partial charge on any atom is 0.410 e. The van der Waals surface area contributed by atoms with E-state index in [1.165, 1.54) is 0 Å². The first-order valence-corrected chi connectivity index (χ1v) is 9.92. The molecule has 1 aliphatic rings. The number of hydrogen-bond acceptors (Lipinski definition) is 5. The molecule has 0 spiro atoms. The highest BCUT2D eigenvalue weighted by molar-refractivity contribution is 7.98. The topological polar surface area (TPSA) is 59.7 Å². The van der Waals surface area contributed by atoms with Gasteiger partial charge in [0.05, 0.1) is 5.69 Å². The molecule has 6 nitrogen and oxygen atoms in total. The van der Waals surface area contributed by atoms with Gasteiger partial charge >= 0.3 is 6.09 Å². The van der Waals surface area contributed by atoms with Crippen LogP contribution in [0, 0.1) is 5.92 Å². The van der Waals surface area contributed by atoms with E-state index in [4.69, 9.17) is 9.72 Å². The summed E-state index contributed by atoms with van der Waals surface area (Å²) in [6, 6.07) is 0. The van der Waals surface area contributed by atoms with Crippen LogP contribution >= 0.6 is 11.8 Å². The summed E-state index contributed by atoms with van der Waals surface area (Å²) in [5.41, 5.74) is 1.49. The summed E-state index contributed by atoms with van der Waals surface area (Å²) in [4.78, 5) is 23.3. The van der Waals surface area contributed by atoms with Crippen LogP contribution in [0.25, 0.3) is 5.65 Å². The minimum atomic E-state index is -0.453. The molecule has 0 aromatic carbocycles. The smallest absolute Gasteiger partial charge is 0.410 e. The van der Waals surface area contributed by atoms with Crippen LogP contribution in [0.4, 0.5) is 4.79 Å². The fourth-order valence-electron chi connectivity index (χ4n) is 3.21. The van der Waals surface area contributed by atoms with Gasteiger partial charge in [-0.1, -0.05) is 0 Å². The molecule has 0 radical (unpaired) electrons. The van der Waals surface area contributed by atoms with Crippen molar-refractivity contribution in [2.45, 2.75) is 50.7 Å². The number of amides is 1. The molecule has 2 aromatic heterocycles. The summed E-state index contributed by atoms with van der Waals surface area (Å²) in [6.45, 7) is 7.21. The molecule has 3 heterocycles. The molecule has 25 heavy (non-hydrogen) atoms. The Morgan fingerprint density at radius 3 is 2.96 bits per heavy atom. The predicted octanol–water partition coefficient (Wildman–Crippen LogP) is 3.64. The Labute approximate surface area is 153 Å². The van der Waals surface area contributed by atoms with Gasteiger partial charge in [0, 0.05) is 31.7 Å². The molecule has 7 heteroatoms. The van der Waals surface area contributed by atoms with Gasteiger partial charge < -0.3 is 14.0 Å². The molecule has 0 unspecified atom stereocenters. The van der Waals surface area contributed by atoms with Crippen molar-refractivity contribution in [2.75, 3.05) is 19.3 Å². The van der Waals surface area contributed by atoms with Crippen molar-refractivity contribution >= 4 is 23.5 Å². The van der Waals surface area contributed by atoms with E-state index in [1.54, 1.807) is 18.0 Å². The number of rotatable bonds is 3. The van der Waals surface area contributed by atoms with Gasteiger partial charge in [0.25, 0.3) is 0 Å². The molecule has 0 N–H and O–H groups in total. The highest BCUT2D eigenvalue weighted by Gasteiger charge is 2.28. The van der Waals surface area contributed by atoms with Crippen LogP contribution in [-0.4, -0.2) is 50.3 Å². The zero-order chi connectivity index (χ0) is 18.0. The molecular formula is C18H26N4O2S. The first-order chi connectivity index (χ1) is 11.9. The zero-order valence-electron chi connectivity index (χ0n) is 15.4. The molecule has 0 bridgehead atoms. The summed E-state index contributed by atoms with van der Waals surface area (Å²) < 4.78 is 7.55. The van der Waals surface area contributed by atoms with E-state index in [0.717, 1.165) is 48.7 Å². The summed E-state index contributed by atoms with van der Waals surface area (Å²) >= 11 is 1.61. The number of likely N-dealkylation sites (tertiary alicyclic amines) is 1. The van der Waals surface area contributed by atoms with Gasteiger partial charge in [-0.3, -0.25) is 0 Å². The average molecular weight is 362 g/mol. The summed E-state index contributed by atoms with van der Waals surface area (Å²) in [6.07, 6.45) is 10.6. The van der Waals surface area contributed by atoms with E-state index in [0.29, 0.717) is 5.92 Å². The van der Waals surface area contributed by atoms with E-state index < -0.39 is 5.60 Å². The standard InChI is InChI=1S/C18H26N4O2S/c1-18(2,3)24-17(23)22-8-5-6-13(11-22)10-14-12-21-9-7-19-15(21)16(20-14)25-4/h7,9,12-13H,5-6,8,10-11H2,1-4H3/t13-/m1/s1. The quantitative estimate of drug-likeness (QED) is 0.780. The number of piperidine rings is 1. The van der Waals surface area contributed by atoms with E-state index >= 15 is 0 Å². The van der Waals surface area contributed by atoms with Crippen LogP contribution in [0.2, 0.25) is 0 Å². The number of aromatic nitrogens is 3. The van der Waals surface area contributed by atoms with Crippen molar-refractivity contribution in [3.05, 3.63) is 24.3 Å². The van der Waals surface area contributed by atoms with Gasteiger partial charge in [-0.15, -0.1) is 11.8 Å². The average Bonchev–Trinajstić information content (AvgIpc) is 3.01. The SMILES string of the molecule is CSc1nc(C[C@H]2CCCN(C(=O)OC(C)(C)C)C2)cn2ccnc12. The molecule has 1 atom stereocenters. The first kappa shape index (κ1) is 18.0. The second-order valence-electron chi connectivity index (χ2n) is 7.54. The molecule has 0 aliphatic carbocycles. The van der Waals surface area contributed by atoms with Gasteiger partial charge in [0.1, 0.15) is 10.6 Å². The first-order valence-electron chi connectivity index (χ1n) is 8.70. The van der Waals surface area contributed by atoms with Crippen LogP contribution in [0.15, 0.2) is 23.6 Å². The van der Waals surface area contributed by atoms with Crippen LogP contribution < -0.4 is 0 Å². The van der Waals surface area contributed by atoms with Crippen LogP contribution in [0.3, 0.4) is 0 Å². The lowest BCUT2D eigenvalue weighted by Gasteiger charge is -2.34. The van der Waals surface area contributed by atoms with Crippen molar-refractivity contribution < 1.29 is 9.53 Å². The predicted molar refractivity (Wildman–Crippen MR) is 99.0 cm³/mol. The second-order valence-corrected chi connectivity index (χ2v) is 8.33. The largest absolute Gasteiger partial charge is 0.444 e. The van der Waals surface area contributed by atoms with Crippen molar-refractivity contribution in [3.8, 4) is 0 Å². The van der Waals surface area contributed by atoms with Crippen molar-refractivity contribution in [1.82, 2.24) is 19.3 Å². The minimum Gasteiger partial charge on any atom is -0.444 e. The third-order valence-electron chi connectivity index (χ3n) is 4.26. The Balaban J connectivity index is 1.69.